The van der Waals surface area contributed by atoms with Crippen molar-refractivity contribution in [3.05, 3.63) is 0 Å². The van der Waals surface area contributed by atoms with E-state index in [2.05, 4.69) is 17.6 Å². The van der Waals surface area contributed by atoms with Gasteiger partial charge >= 0.3 is 6.03 Å². The molecular formula is C17H29ClN4O3. The van der Waals surface area contributed by atoms with Gasteiger partial charge in [0.1, 0.15) is 12.1 Å². The average molecular weight is 373 g/mol. The van der Waals surface area contributed by atoms with Gasteiger partial charge < -0.3 is 15.5 Å². The van der Waals surface area contributed by atoms with Crippen molar-refractivity contribution in [3.63, 3.8) is 0 Å². The Bertz CT molecular complexity index is 536. The highest BCUT2D eigenvalue weighted by Crippen LogP contribution is 2.39. The Labute approximate surface area is 155 Å². The number of imide groups is 1. The van der Waals surface area contributed by atoms with E-state index in [-0.39, 0.29) is 42.8 Å². The number of nitrogens with one attached hydrogen (secondary N) is 2. The number of piperidine rings is 1. The fourth-order valence-electron chi connectivity index (χ4n) is 4.35. The Morgan fingerprint density at radius 1 is 1.28 bits per heavy atom. The van der Waals surface area contributed by atoms with Crippen LogP contribution in [0, 0.1) is 0 Å². The molecule has 8 heteroatoms. The van der Waals surface area contributed by atoms with E-state index in [0.717, 1.165) is 43.5 Å². The molecule has 4 amide bonds. The lowest BCUT2D eigenvalue weighted by atomic mass is 9.81. The number of likely N-dealkylation sites (N-methyl/N-ethyl adjacent to an activating group) is 1. The van der Waals surface area contributed by atoms with E-state index in [1.165, 1.54) is 0 Å². The molecule has 1 saturated carbocycles. The predicted molar refractivity (Wildman–Crippen MR) is 96.6 cm³/mol. The van der Waals surface area contributed by atoms with Crippen molar-refractivity contribution >= 4 is 30.3 Å². The zero-order valence-corrected chi connectivity index (χ0v) is 15.9. The summed E-state index contributed by atoms with van der Waals surface area (Å²) in [6.07, 6.45) is 6.17. The molecular weight excluding hydrogens is 344 g/mol. The molecule has 0 aromatic carbocycles. The number of carbonyl (C=O) groups excluding carboxylic acids is 3. The Hall–Kier alpha value is -1.34. The summed E-state index contributed by atoms with van der Waals surface area (Å²) in [7, 11) is 1.69. The van der Waals surface area contributed by atoms with Crippen molar-refractivity contribution in [3.8, 4) is 0 Å². The third-order valence-corrected chi connectivity index (χ3v) is 5.77. The number of hydrogen-bond donors (Lipinski definition) is 2. The van der Waals surface area contributed by atoms with Crippen LogP contribution < -0.4 is 10.6 Å². The zero-order valence-electron chi connectivity index (χ0n) is 15.0. The number of rotatable bonds is 3. The zero-order chi connectivity index (χ0) is 17.3. The first-order valence-corrected chi connectivity index (χ1v) is 9.06. The summed E-state index contributed by atoms with van der Waals surface area (Å²) in [5, 5.41) is 6.32. The Morgan fingerprint density at radius 3 is 2.60 bits per heavy atom. The van der Waals surface area contributed by atoms with Crippen molar-refractivity contribution < 1.29 is 14.4 Å². The minimum Gasteiger partial charge on any atom is -0.352 e. The molecule has 3 fully saturated rings. The maximum Gasteiger partial charge on any atom is 0.327 e. The van der Waals surface area contributed by atoms with Crippen LogP contribution in [0.2, 0.25) is 0 Å². The van der Waals surface area contributed by atoms with E-state index >= 15 is 0 Å². The van der Waals surface area contributed by atoms with E-state index in [4.69, 9.17) is 0 Å². The summed E-state index contributed by atoms with van der Waals surface area (Å²) in [6.45, 7) is 2.80. The second-order valence-electron chi connectivity index (χ2n) is 7.47. The quantitative estimate of drug-likeness (QED) is 0.731. The van der Waals surface area contributed by atoms with E-state index in [0.29, 0.717) is 18.9 Å². The molecule has 1 spiro atoms. The first-order valence-electron chi connectivity index (χ1n) is 9.06. The molecule has 0 aromatic rings. The topological polar surface area (TPSA) is 81.8 Å². The standard InChI is InChI=1S/C17H28N4O3.ClH/c1-12-10-13(6-9-18-12)19-14(22)11-21-15(23)17(20(2)16(21)24)7-4-3-5-8-17;/h12-13,18H,3-11H2,1-2H3,(H,19,22);1H. The van der Waals surface area contributed by atoms with Crippen molar-refractivity contribution in [2.75, 3.05) is 20.1 Å². The Balaban J connectivity index is 0.00000225. The van der Waals surface area contributed by atoms with Crippen molar-refractivity contribution in [2.24, 2.45) is 0 Å². The van der Waals surface area contributed by atoms with Gasteiger partial charge in [-0.2, -0.15) is 0 Å². The summed E-state index contributed by atoms with van der Waals surface area (Å²) in [5.74, 6) is -0.430. The van der Waals surface area contributed by atoms with Crippen LogP contribution >= 0.6 is 12.4 Å². The maximum absolute atomic E-state index is 12.9. The summed E-state index contributed by atoms with van der Waals surface area (Å²) in [6, 6.07) is 0.148. The van der Waals surface area contributed by atoms with Crippen LogP contribution in [0.25, 0.3) is 0 Å². The van der Waals surface area contributed by atoms with Gasteiger partial charge in [-0.1, -0.05) is 19.3 Å². The molecule has 2 aliphatic heterocycles. The second kappa shape index (κ2) is 7.91. The van der Waals surface area contributed by atoms with Crippen molar-refractivity contribution in [1.82, 2.24) is 20.4 Å². The highest BCUT2D eigenvalue weighted by Gasteiger charge is 2.55. The number of amides is 4. The Morgan fingerprint density at radius 2 is 1.96 bits per heavy atom. The normalized spacial score (nSPS) is 28.9. The largest absolute Gasteiger partial charge is 0.352 e. The molecule has 0 radical (unpaired) electrons. The number of nitrogens with zero attached hydrogens (tertiary/aromatic N) is 2. The summed E-state index contributed by atoms with van der Waals surface area (Å²) in [4.78, 5) is 40.4. The fourth-order valence-corrected chi connectivity index (χ4v) is 4.35. The summed E-state index contributed by atoms with van der Waals surface area (Å²) in [5.41, 5.74) is -0.709. The maximum atomic E-state index is 12.9. The molecule has 3 aliphatic rings. The van der Waals surface area contributed by atoms with Crippen LogP contribution in [0.15, 0.2) is 0 Å². The molecule has 142 valence electrons. The summed E-state index contributed by atoms with van der Waals surface area (Å²) >= 11 is 0. The van der Waals surface area contributed by atoms with Gasteiger partial charge in [0, 0.05) is 19.1 Å². The lowest BCUT2D eigenvalue weighted by molar-refractivity contribution is -0.137. The molecule has 3 rings (SSSR count). The van der Waals surface area contributed by atoms with Crippen LogP contribution in [0.5, 0.6) is 0 Å². The molecule has 2 heterocycles. The minimum atomic E-state index is -0.709. The SMILES string of the molecule is CC1CC(NC(=O)CN2C(=O)N(C)C3(CCCCC3)C2=O)CCN1.Cl. The molecule has 0 aromatic heterocycles. The van der Waals surface area contributed by atoms with Gasteiger partial charge in [0.25, 0.3) is 5.91 Å². The molecule has 25 heavy (non-hydrogen) atoms. The number of halogens is 1. The van der Waals surface area contributed by atoms with Crippen LogP contribution in [0.3, 0.4) is 0 Å². The monoisotopic (exact) mass is 372 g/mol. The van der Waals surface area contributed by atoms with Gasteiger partial charge in [-0.15, -0.1) is 12.4 Å². The number of hydrogen-bond acceptors (Lipinski definition) is 4. The second-order valence-corrected chi connectivity index (χ2v) is 7.47. The van der Waals surface area contributed by atoms with Gasteiger partial charge in [0.15, 0.2) is 0 Å². The van der Waals surface area contributed by atoms with Gasteiger partial charge in [-0.3, -0.25) is 14.5 Å². The smallest absolute Gasteiger partial charge is 0.327 e. The average Bonchev–Trinajstić information content (AvgIpc) is 2.72. The van der Waals surface area contributed by atoms with Crippen LogP contribution in [-0.4, -0.2) is 65.4 Å². The van der Waals surface area contributed by atoms with Crippen molar-refractivity contribution in [2.45, 2.75) is 69.5 Å². The van der Waals surface area contributed by atoms with E-state index in [1.54, 1.807) is 11.9 Å². The van der Waals surface area contributed by atoms with Gasteiger partial charge in [-0.05, 0) is 39.2 Å². The molecule has 1 aliphatic carbocycles. The predicted octanol–water partition coefficient (Wildman–Crippen LogP) is 1.26. The molecule has 0 bridgehead atoms. The highest BCUT2D eigenvalue weighted by molar-refractivity contribution is 6.08. The third kappa shape index (κ3) is 3.77. The van der Waals surface area contributed by atoms with Gasteiger partial charge in [0.2, 0.25) is 5.91 Å². The first kappa shape index (κ1) is 20.0. The fraction of sp³-hybridized carbons (Fsp3) is 0.824. The minimum absolute atomic E-state index is 0. The van der Waals surface area contributed by atoms with Crippen LogP contribution in [0.1, 0.15) is 51.9 Å². The molecule has 2 saturated heterocycles. The molecule has 2 atom stereocenters. The van der Waals surface area contributed by atoms with E-state index < -0.39 is 5.54 Å². The molecule has 2 unspecified atom stereocenters. The summed E-state index contributed by atoms with van der Waals surface area (Å²) < 4.78 is 0. The van der Waals surface area contributed by atoms with Gasteiger partial charge in [0.05, 0.1) is 0 Å². The Kier molecular flexibility index (Phi) is 6.32. The van der Waals surface area contributed by atoms with Gasteiger partial charge in [-0.25, -0.2) is 4.79 Å². The van der Waals surface area contributed by atoms with E-state index in [9.17, 15) is 14.4 Å². The van der Waals surface area contributed by atoms with E-state index in [1.807, 2.05) is 0 Å². The highest BCUT2D eigenvalue weighted by atomic mass is 35.5. The van der Waals surface area contributed by atoms with Crippen LogP contribution in [-0.2, 0) is 9.59 Å². The lowest BCUT2D eigenvalue weighted by Crippen LogP contribution is -2.51. The van der Waals surface area contributed by atoms with Crippen molar-refractivity contribution in [1.29, 1.82) is 0 Å². The number of urea groups is 1. The van der Waals surface area contributed by atoms with Crippen LogP contribution in [0.4, 0.5) is 4.79 Å². The lowest BCUT2D eigenvalue weighted by Gasteiger charge is -2.35. The number of carbonyl (C=O) groups is 3. The molecule has 7 nitrogen and oxygen atoms in total. The first-order chi connectivity index (χ1) is 11.4. The third-order valence-electron chi connectivity index (χ3n) is 5.77. The molecule has 2 N–H and O–H groups in total.